The zero-order chi connectivity index (χ0) is 25.6. The van der Waals surface area contributed by atoms with E-state index in [0.717, 1.165) is 4.90 Å². The van der Waals surface area contributed by atoms with Gasteiger partial charge in [-0.3, -0.25) is 19.3 Å². The molecule has 3 N–H and O–H groups in total. The second-order valence-electron chi connectivity index (χ2n) is 6.75. The normalized spacial score (nSPS) is 13.3. The maximum Gasteiger partial charge on any atom is 1.00 e. The van der Waals surface area contributed by atoms with E-state index < -0.39 is 95.6 Å². The van der Waals surface area contributed by atoms with Gasteiger partial charge in [-0.2, -0.15) is 0 Å². The topological polar surface area (TPSA) is 317 Å². The molecule has 0 aliphatic rings. The molecule has 0 aliphatic heterocycles. The molecule has 0 rings (SSSR count). The molecular weight excluding hydrogens is 706 g/mol. The minimum atomic E-state index is -5.35. The largest absolute Gasteiger partial charge is 1.00 e. The SMILES string of the molecule is O=P([O-])([O-])CN(CCN(CP(=O)([O-])[O-])CP(=O)([O-])[O-])CCN(CP(=O)([O-])O)CP(=O)(O)O.[Na+].[Na+].[Na+].[Na+].[Na+].[Na+].[Na+]. The van der Waals surface area contributed by atoms with Crippen LogP contribution in [0.25, 0.3) is 0 Å². The second kappa shape index (κ2) is 29.4. The number of nitrogens with zero attached hydrogens (tertiary/aromatic N) is 3. The Morgan fingerprint density at radius 1 is 0.410 bits per heavy atom. The van der Waals surface area contributed by atoms with E-state index in [1.165, 1.54) is 0 Å². The van der Waals surface area contributed by atoms with Crippen molar-refractivity contribution in [1.82, 2.24) is 14.7 Å². The monoisotopic (exact) mass is 727 g/mol. The Kier molecular flexibility index (Phi) is 49.0. The Morgan fingerprint density at radius 2 is 0.641 bits per heavy atom. The Bertz CT molecular complexity index is 747. The second-order valence-corrected chi connectivity index (χ2v) is 14.4. The van der Waals surface area contributed by atoms with Crippen molar-refractivity contribution in [2.75, 3.05) is 57.6 Å². The first-order valence-corrected chi connectivity index (χ1v) is 17.0. The molecule has 0 aromatic carbocycles. The molecule has 0 fully saturated rings. The molecule has 30 heteroatoms. The Labute approximate surface area is 381 Å². The third-order valence-corrected chi connectivity index (χ3v) is 7.11. The van der Waals surface area contributed by atoms with Gasteiger partial charge in [0, 0.05) is 45.0 Å². The van der Waals surface area contributed by atoms with Crippen molar-refractivity contribution in [3.8, 4) is 0 Å². The van der Waals surface area contributed by atoms with E-state index >= 15 is 0 Å². The van der Waals surface area contributed by atoms with E-state index in [0.29, 0.717) is 9.80 Å². The van der Waals surface area contributed by atoms with Crippen LogP contribution >= 0.6 is 38.0 Å². The van der Waals surface area contributed by atoms with E-state index in [1.807, 2.05) is 0 Å². The van der Waals surface area contributed by atoms with Gasteiger partial charge in [-0.1, -0.05) is 22.8 Å². The Morgan fingerprint density at radius 3 is 0.872 bits per heavy atom. The van der Waals surface area contributed by atoms with Gasteiger partial charge in [0.15, 0.2) is 0 Å². The maximum absolute atomic E-state index is 11.1. The van der Waals surface area contributed by atoms with Crippen molar-refractivity contribution >= 4 is 38.0 Å². The molecular formula is C9H21N3Na7O15P5. The van der Waals surface area contributed by atoms with Crippen LogP contribution in [0.15, 0.2) is 0 Å². The van der Waals surface area contributed by atoms with Gasteiger partial charge in [0.2, 0.25) is 0 Å². The molecule has 0 aromatic heterocycles. The van der Waals surface area contributed by atoms with Crippen LogP contribution in [0.5, 0.6) is 0 Å². The van der Waals surface area contributed by atoms with Crippen LogP contribution in [-0.4, -0.2) is 87.0 Å². The standard InChI is InChI=1S/C9H28N3O15P5.7Na/c13-28(14,15)5-10(1-3-11(6-29(16,17)18)7-30(19,20)21)2-4-12(8-31(22,23)24)9-32(25,26)27;;;;;;;/h1-9H2,(H2,13,14,15)(H2,16,17,18)(H2,19,20,21)(H2,22,23,24)(H2,25,26,27);;;;;;;/q;7*+1/p-7. The molecule has 0 radical (unpaired) electrons. The smallest absolute Gasteiger partial charge is 0.810 e. The molecule has 0 saturated carbocycles. The molecule has 1 atom stereocenters. The van der Waals surface area contributed by atoms with Crippen LogP contribution in [0.4, 0.5) is 0 Å². The summed E-state index contributed by atoms with van der Waals surface area (Å²) in [4.78, 5) is 105. The summed E-state index contributed by atoms with van der Waals surface area (Å²) in [6.07, 6.45) is -6.48. The van der Waals surface area contributed by atoms with Crippen molar-refractivity contribution in [2.24, 2.45) is 0 Å². The first-order valence-electron chi connectivity index (χ1n) is 8.22. The van der Waals surface area contributed by atoms with Gasteiger partial charge in [-0.15, -0.1) is 0 Å². The van der Waals surface area contributed by atoms with Gasteiger partial charge < -0.3 is 67.2 Å². The van der Waals surface area contributed by atoms with Crippen molar-refractivity contribution in [3.05, 3.63) is 0 Å². The fourth-order valence-corrected chi connectivity index (χ4v) is 6.50. The summed E-state index contributed by atoms with van der Waals surface area (Å²) in [6, 6.07) is 0. The summed E-state index contributed by atoms with van der Waals surface area (Å²) in [6.45, 7) is -2.53. The third kappa shape index (κ3) is 47.8. The molecule has 0 aromatic rings. The Hall–Kier alpha value is 7.63. The van der Waals surface area contributed by atoms with Crippen LogP contribution < -0.4 is 241 Å². The molecule has 0 saturated heterocycles. The van der Waals surface area contributed by atoms with Gasteiger partial charge in [-0.05, 0) is 0 Å². The van der Waals surface area contributed by atoms with Crippen LogP contribution in [0, 0.1) is 0 Å². The Balaban J connectivity index is -0.000000229. The van der Waals surface area contributed by atoms with Crippen molar-refractivity contribution in [3.63, 3.8) is 0 Å². The molecule has 0 heterocycles. The zero-order valence-electron chi connectivity index (χ0n) is 23.2. The number of hydrogen-bond acceptors (Lipinski definition) is 15. The van der Waals surface area contributed by atoms with E-state index in [1.54, 1.807) is 0 Å². The van der Waals surface area contributed by atoms with Crippen LogP contribution in [-0.2, 0) is 22.8 Å². The average molecular weight is 727 g/mol. The summed E-state index contributed by atoms with van der Waals surface area (Å²) in [5.74, 6) is 0. The van der Waals surface area contributed by atoms with Gasteiger partial charge in [0.25, 0.3) is 0 Å². The molecule has 0 amide bonds. The minimum Gasteiger partial charge on any atom is -0.810 e. The fourth-order valence-electron chi connectivity index (χ4n) is 2.44. The predicted octanol–water partition coefficient (Wildman–Crippen LogP) is -27.8. The van der Waals surface area contributed by atoms with E-state index in [4.69, 9.17) is 14.7 Å². The molecule has 194 valence electrons. The minimum absolute atomic E-state index is 0. The molecule has 0 aliphatic carbocycles. The fraction of sp³-hybridized carbons (Fsp3) is 1.00. The third-order valence-electron chi connectivity index (χ3n) is 3.35. The predicted molar refractivity (Wildman–Crippen MR) is 94.0 cm³/mol. The summed E-state index contributed by atoms with van der Waals surface area (Å²) in [7, 11) is -25.9. The molecule has 0 spiro atoms. The van der Waals surface area contributed by atoms with Crippen LogP contribution in [0.1, 0.15) is 0 Å². The van der Waals surface area contributed by atoms with E-state index in [2.05, 4.69) is 0 Å². The van der Waals surface area contributed by atoms with Gasteiger partial charge >= 0.3 is 214 Å². The van der Waals surface area contributed by atoms with Crippen LogP contribution in [0.2, 0.25) is 0 Å². The van der Waals surface area contributed by atoms with E-state index in [9.17, 15) is 57.1 Å². The van der Waals surface area contributed by atoms with Gasteiger partial charge in [0.1, 0.15) is 13.9 Å². The first kappa shape index (κ1) is 65.1. The van der Waals surface area contributed by atoms with Crippen molar-refractivity contribution < 1.29 is 279 Å². The van der Waals surface area contributed by atoms with Crippen LogP contribution in [0.3, 0.4) is 0 Å². The maximum atomic E-state index is 11.1. The summed E-state index contributed by atoms with van der Waals surface area (Å²) < 4.78 is 55.1. The molecule has 39 heavy (non-hydrogen) atoms. The molecule has 1 unspecified atom stereocenters. The quantitative estimate of drug-likeness (QED) is 0.0981. The summed E-state index contributed by atoms with van der Waals surface area (Å²) >= 11 is 0. The molecule has 0 bridgehead atoms. The summed E-state index contributed by atoms with van der Waals surface area (Å²) in [5, 5.41) is 0. The van der Waals surface area contributed by atoms with Gasteiger partial charge in [0.05, 0.1) is 6.29 Å². The number of rotatable bonds is 16. The average Bonchev–Trinajstić information content (AvgIpc) is 2.41. The number of hydrogen-bond donors (Lipinski definition) is 3. The van der Waals surface area contributed by atoms with E-state index in [-0.39, 0.29) is 207 Å². The van der Waals surface area contributed by atoms with Crippen molar-refractivity contribution in [1.29, 1.82) is 0 Å². The van der Waals surface area contributed by atoms with Gasteiger partial charge in [-0.25, -0.2) is 0 Å². The molecule has 18 nitrogen and oxygen atoms in total. The summed E-state index contributed by atoms with van der Waals surface area (Å²) in [5.41, 5.74) is 0. The first-order chi connectivity index (χ1) is 13.9. The van der Waals surface area contributed by atoms with Crippen molar-refractivity contribution in [2.45, 2.75) is 0 Å². The zero-order valence-corrected chi connectivity index (χ0v) is 41.7.